The van der Waals surface area contributed by atoms with E-state index in [1.807, 2.05) is 44.2 Å². The Morgan fingerprint density at radius 1 is 1.00 bits per heavy atom. The van der Waals surface area contributed by atoms with Gasteiger partial charge in [0.15, 0.2) is 0 Å². The lowest BCUT2D eigenvalue weighted by molar-refractivity contribution is -0.139. The minimum Gasteiger partial charge on any atom is -0.354 e. The van der Waals surface area contributed by atoms with Crippen LogP contribution in [0.4, 0.5) is 0 Å². The van der Waals surface area contributed by atoms with Gasteiger partial charge in [0, 0.05) is 18.8 Å². The number of benzene rings is 2. The number of nitrogens with zero attached hydrogens (tertiary/aromatic N) is 1. The third kappa shape index (κ3) is 7.52. The Hall–Kier alpha value is -2.27. The van der Waals surface area contributed by atoms with Crippen molar-refractivity contribution >= 4 is 23.6 Å². The first-order valence-corrected chi connectivity index (χ1v) is 11.9. The van der Waals surface area contributed by atoms with Crippen LogP contribution in [0.3, 0.4) is 0 Å². The Morgan fingerprint density at radius 3 is 2.27 bits per heavy atom. The van der Waals surface area contributed by atoms with E-state index in [-0.39, 0.29) is 11.8 Å². The molecular weight excluding hydrogens is 392 g/mol. The van der Waals surface area contributed by atoms with Gasteiger partial charge in [-0.15, -0.1) is 11.8 Å². The number of aryl methyl sites for hydroxylation is 2. The average Bonchev–Trinajstić information content (AvgIpc) is 2.72. The molecule has 1 atom stereocenters. The normalized spacial score (nSPS) is 11.7. The van der Waals surface area contributed by atoms with Crippen molar-refractivity contribution in [3.63, 3.8) is 0 Å². The lowest BCUT2D eigenvalue weighted by Crippen LogP contribution is -2.49. The number of hydrogen-bond acceptors (Lipinski definition) is 3. The van der Waals surface area contributed by atoms with Gasteiger partial charge in [-0.2, -0.15) is 0 Å². The molecule has 5 heteroatoms. The van der Waals surface area contributed by atoms with Crippen molar-refractivity contribution < 1.29 is 9.59 Å². The predicted octanol–water partition coefficient (Wildman–Crippen LogP) is 4.87. The van der Waals surface area contributed by atoms with E-state index >= 15 is 0 Å². The molecule has 0 aliphatic heterocycles. The molecule has 4 nitrogen and oxygen atoms in total. The van der Waals surface area contributed by atoms with Gasteiger partial charge < -0.3 is 10.2 Å². The summed E-state index contributed by atoms with van der Waals surface area (Å²) < 4.78 is 0. The first-order valence-electron chi connectivity index (χ1n) is 10.7. The van der Waals surface area contributed by atoms with Gasteiger partial charge in [0.05, 0.1) is 5.75 Å². The first-order chi connectivity index (χ1) is 14.4. The molecular formula is C25H34N2O2S. The number of nitrogens with one attached hydrogen (secondary N) is 1. The van der Waals surface area contributed by atoms with Gasteiger partial charge in [0.1, 0.15) is 6.04 Å². The second kappa shape index (κ2) is 12.4. The van der Waals surface area contributed by atoms with Crippen molar-refractivity contribution in [3.8, 4) is 0 Å². The predicted molar refractivity (Wildman–Crippen MR) is 126 cm³/mol. The van der Waals surface area contributed by atoms with Crippen molar-refractivity contribution in [2.45, 2.75) is 58.9 Å². The van der Waals surface area contributed by atoms with Gasteiger partial charge in [0.2, 0.25) is 11.8 Å². The van der Waals surface area contributed by atoms with Crippen LogP contribution >= 0.6 is 11.8 Å². The van der Waals surface area contributed by atoms with Gasteiger partial charge in [0.25, 0.3) is 0 Å². The molecule has 2 aromatic carbocycles. The Bertz CT molecular complexity index is 803. The summed E-state index contributed by atoms with van der Waals surface area (Å²) in [6, 6.07) is 15.9. The topological polar surface area (TPSA) is 49.4 Å². The standard InChI is InChI=1S/C25H34N2O2S/c1-5-12-26-25(29)23(6-2)27(16-21-10-8-7-9-11-21)24(28)18-30-17-22-14-19(3)13-20(4)15-22/h7-11,13-15,23H,5-6,12,16-18H2,1-4H3,(H,26,29)/t23-/m1/s1. The van der Waals surface area contributed by atoms with E-state index in [4.69, 9.17) is 0 Å². The average molecular weight is 427 g/mol. The van der Waals surface area contributed by atoms with Crippen LogP contribution in [0.1, 0.15) is 48.9 Å². The summed E-state index contributed by atoms with van der Waals surface area (Å²) in [6.45, 7) is 9.25. The van der Waals surface area contributed by atoms with Gasteiger partial charge in [-0.05, 0) is 37.8 Å². The van der Waals surface area contributed by atoms with Gasteiger partial charge >= 0.3 is 0 Å². The Morgan fingerprint density at radius 2 is 1.67 bits per heavy atom. The van der Waals surface area contributed by atoms with E-state index in [0.29, 0.717) is 25.3 Å². The van der Waals surface area contributed by atoms with Crippen LogP contribution in [0.15, 0.2) is 48.5 Å². The summed E-state index contributed by atoms with van der Waals surface area (Å²) in [4.78, 5) is 27.6. The van der Waals surface area contributed by atoms with Crippen LogP contribution in [0.2, 0.25) is 0 Å². The van der Waals surface area contributed by atoms with Crippen molar-refractivity contribution in [1.82, 2.24) is 10.2 Å². The van der Waals surface area contributed by atoms with E-state index in [1.54, 1.807) is 16.7 Å². The number of hydrogen-bond donors (Lipinski definition) is 1. The van der Waals surface area contributed by atoms with Crippen LogP contribution in [0, 0.1) is 13.8 Å². The third-order valence-electron chi connectivity index (χ3n) is 4.91. The van der Waals surface area contributed by atoms with E-state index in [2.05, 4.69) is 37.4 Å². The molecule has 0 unspecified atom stereocenters. The zero-order valence-electron chi connectivity index (χ0n) is 18.6. The minimum absolute atomic E-state index is 0.00623. The SMILES string of the molecule is CCCNC(=O)[C@@H](CC)N(Cc1ccccc1)C(=O)CSCc1cc(C)cc(C)c1. The molecule has 0 saturated heterocycles. The quantitative estimate of drug-likeness (QED) is 0.558. The molecule has 0 saturated carbocycles. The van der Waals surface area contributed by atoms with E-state index in [1.165, 1.54) is 16.7 Å². The van der Waals surface area contributed by atoms with E-state index in [9.17, 15) is 9.59 Å². The summed E-state index contributed by atoms with van der Waals surface area (Å²) in [5, 5.41) is 2.96. The van der Waals surface area contributed by atoms with Crippen LogP contribution in [0.5, 0.6) is 0 Å². The number of thioether (sulfide) groups is 1. The van der Waals surface area contributed by atoms with Crippen LogP contribution in [0.25, 0.3) is 0 Å². The Balaban J connectivity index is 2.09. The minimum atomic E-state index is -0.453. The second-order valence-electron chi connectivity index (χ2n) is 7.71. The summed E-state index contributed by atoms with van der Waals surface area (Å²) in [5.41, 5.74) is 4.74. The van der Waals surface area contributed by atoms with Gasteiger partial charge in [-0.1, -0.05) is 73.5 Å². The maximum absolute atomic E-state index is 13.2. The number of carbonyl (C=O) groups is 2. The Labute approximate surface area is 185 Å². The third-order valence-corrected chi connectivity index (χ3v) is 5.90. The van der Waals surface area contributed by atoms with Crippen LogP contribution in [-0.2, 0) is 21.9 Å². The number of amides is 2. The number of rotatable bonds is 11. The highest BCUT2D eigenvalue weighted by Crippen LogP contribution is 2.19. The summed E-state index contributed by atoms with van der Waals surface area (Å²) in [7, 11) is 0. The van der Waals surface area contributed by atoms with Crippen LogP contribution < -0.4 is 5.32 Å². The first kappa shape index (κ1) is 24.0. The molecule has 0 fully saturated rings. The molecule has 0 aromatic heterocycles. The Kier molecular flexibility index (Phi) is 9.95. The highest BCUT2D eigenvalue weighted by atomic mass is 32.2. The second-order valence-corrected chi connectivity index (χ2v) is 8.70. The maximum Gasteiger partial charge on any atom is 0.242 e. The largest absolute Gasteiger partial charge is 0.354 e. The highest BCUT2D eigenvalue weighted by Gasteiger charge is 2.28. The van der Waals surface area contributed by atoms with Crippen LogP contribution in [-0.4, -0.2) is 35.1 Å². The lowest BCUT2D eigenvalue weighted by Gasteiger charge is -2.30. The molecule has 0 heterocycles. The fourth-order valence-corrected chi connectivity index (χ4v) is 4.40. The van der Waals surface area contributed by atoms with E-state index < -0.39 is 6.04 Å². The highest BCUT2D eigenvalue weighted by molar-refractivity contribution is 7.99. The molecule has 162 valence electrons. The lowest BCUT2D eigenvalue weighted by atomic mass is 10.1. The number of carbonyl (C=O) groups excluding carboxylic acids is 2. The van der Waals surface area contributed by atoms with E-state index in [0.717, 1.165) is 17.7 Å². The van der Waals surface area contributed by atoms with Crippen molar-refractivity contribution in [1.29, 1.82) is 0 Å². The molecule has 30 heavy (non-hydrogen) atoms. The molecule has 0 aliphatic carbocycles. The molecule has 0 spiro atoms. The summed E-state index contributed by atoms with van der Waals surface area (Å²) >= 11 is 1.61. The fraction of sp³-hybridized carbons (Fsp3) is 0.440. The molecule has 2 amide bonds. The smallest absolute Gasteiger partial charge is 0.242 e. The zero-order chi connectivity index (χ0) is 21.9. The van der Waals surface area contributed by atoms with Crippen molar-refractivity contribution in [3.05, 3.63) is 70.8 Å². The van der Waals surface area contributed by atoms with Crippen molar-refractivity contribution in [2.75, 3.05) is 12.3 Å². The van der Waals surface area contributed by atoms with Crippen molar-refractivity contribution in [2.24, 2.45) is 0 Å². The monoisotopic (exact) mass is 426 g/mol. The summed E-state index contributed by atoms with van der Waals surface area (Å²) in [5.74, 6) is 1.08. The maximum atomic E-state index is 13.2. The summed E-state index contributed by atoms with van der Waals surface area (Å²) in [6.07, 6.45) is 1.47. The molecule has 2 aromatic rings. The van der Waals surface area contributed by atoms with Gasteiger partial charge in [-0.3, -0.25) is 9.59 Å². The fourth-order valence-electron chi connectivity index (χ4n) is 3.56. The molecule has 1 N–H and O–H groups in total. The zero-order valence-corrected chi connectivity index (χ0v) is 19.4. The molecule has 2 rings (SSSR count). The van der Waals surface area contributed by atoms with Gasteiger partial charge in [-0.25, -0.2) is 0 Å². The molecule has 0 bridgehead atoms. The molecule has 0 radical (unpaired) electrons. The molecule has 0 aliphatic rings.